The molecule has 0 aliphatic carbocycles. The van der Waals surface area contributed by atoms with Gasteiger partial charge in [0.2, 0.25) is 15.9 Å². The van der Waals surface area contributed by atoms with Gasteiger partial charge >= 0.3 is 5.97 Å². The zero-order valence-electron chi connectivity index (χ0n) is 16.7. The molecule has 3 rings (SSSR count). The van der Waals surface area contributed by atoms with Crippen molar-refractivity contribution in [1.82, 2.24) is 9.21 Å². The molecule has 0 unspecified atom stereocenters. The summed E-state index contributed by atoms with van der Waals surface area (Å²) in [7, 11) is -0.934. The second kappa shape index (κ2) is 8.37. The van der Waals surface area contributed by atoms with Crippen LogP contribution in [0, 0.1) is 0 Å². The van der Waals surface area contributed by atoms with E-state index in [0.717, 1.165) is 4.31 Å². The quantitative estimate of drug-likeness (QED) is 0.620. The molecular weight excluding hydrogens is 454 g/mol. The number of nitrogens with zero attached hydrogens (tertiary/aromatic N) is 2. The van der Waals surface area contributed by atoms with Gasteiger partial charge in [0, 0.05) is 26.3 Å². The minimum Gasteiger partial charge on any atom is -0.454 e. The van der Waals surface area contributed by atoms with Gasteiger partial charge in [-0.3, -0.25) is 9.59 Å². The van der Waals surface area contributed by atoms with Crippen LogP contribution in [0.1, 0.15) is 19.8 Å². The molecule has 0 radical (unpaired) electrons. The van der Waals surface area contributed by atoms with Crippen molar-refractivity contribution in [2.24, 2.45) is 0 Å². The Morgan fingerprint density at radius 3 is 2.77 bits per heavy atom. The summed E-state index contributed by atoms with van der Waals surface area (Å²) in [6.07, 6.45) is 1.06. The molecule has 2 heterocycles. The fourth-order valence-corrected chi connectivity index (χ4v) is 5.90. The third kappa shape index (κ3) is 4.29. The molecule has 30 heavy (non-hydrogen) atoms. The Morgan fingerprint density at radius 2 is 2.10 bits per heavy atom. The van der Waals surface area contributed by atoms with Gasteiger partial charge in [0.15, 0.2) is 6.61 Å². The number of hydrogen-bond donors (Lipinski definition) is 1. The van der Waals surface area contributed by atoms with Gasteiger partial charge in [-0.2, -0.15) is 0 Å². The van der Waals surface area contributed by atoms with Crippen LogP contribution in [0.4, 0.5) is 5.69 Å². The Balaban J connectivity index is 1.63. The number of amides is 2. The standard InChI is InChI=1S/C18H22ClN3O6S2/c1-18-7-6-16(24)22(18)14(10-29-18)17(25)28-9-15(23)20-13-8-11(4-5-12(13)19)30(26,27)21(2)3/h4-5,8,14H,6-7,9-10H2,1-3H3,(H,20,23)/t14-,18-/m0/s1. The van der Waals surface area contributed by atoms with Crippen molar-refractivity contribution in [3.63, 3.8) is 0 Å². The molecule has 1 N–H and O–H groups in total. The molecule has 2 aliphatic heterocycles. The second-order valence-electron chi connectivity index (χ2n) is 7.35. The van der Waals surface area contributed by atoms with Crippen molar-refractivity contribution in [2.75, 3.05) is 31.8 Å². The van der Waals surface area contributed by atoms with Crippen molar-refractivity contribution in [2.45, 2.75) is 35.6 Å². The predicted octanol–water partition coefficient (Wildman–Crippen LogP) is 1.53. The van der Waals surface area contributed by atoms with Crippen LogP contribution in [0.3, 0.4) is 0 Å². The van der Waals surface area contributed by atoms with Gasteiger partial charge in [-0.05, 0) is 31.5 Å². The fourth-order valence-electron chi connectivity index (χ4n) is 3.39. The second-order valence-corrected chi connectivity index (χ2v) is 11.4. The molecule has 0 bridgehead atoms. The van der Waals surface area contributed by atoms with Crippen LogP contribution < -0.4 is 5.32 Å². The average molecular weight is 476 g/mol. The molecule has 164 valence electrons. The summed E-state index contributed by atoms with van der Waals surface area (Å²) in [6, 6.07) is 3.20. The Morgan fingerprint density at radius 1 is 1.40 bits per heavy atom. The maximum atomic E-state index is 12.4. The van der Waals surface area contributed by atoms with Crippen molar-refractivity contribution < 1.29 is 27.5 Å². The lowest BCUT2D eigenvalue weighted by atomic mass is 10.2. The molecule has 2 aliphatic rings. The molecule has 0 aromatic heterocycles. The van der Waals surface area contributed by atoms with Gasteiger partial charge in [-0.25, -0.2) is 17.5 Å². The number of sulfonamides is 1. The average Bonchev–Trinajstić information content (AvgIpc) is 3.17. The minimum atomic E-state index is -3.71. The van der Waals surface area contributed by atoms with E-state index in [0.29, 0.717) is 18.6 Å². The molecule has 1 aromatic rings. The first kappa shape index (κ1) is 22.9. The minimum absolute atomic E-state index is 0.0426. The van der Waals surface area contributed by atoms with Crippen LogP contribution in [0.5, 0.6) is 0 Å². The van der Waals surface area contributed by atoms with E-state index in [1.165, 1.54) is 44.1 Å². The summed E-state index contributed by atoms with van der Waals surface area (Å²) in [5.41, 5.74) is 0.0827. The summed E-state index contributed by atoms with van der Waals surface area (Å²) in [5, 5.41) is 2.59. The first-order valence-electron chi connectivity index (χ1n) is 9.10. The zero-order chi connectivity index (χ0) is 22.3. The maximum Gasteiger partial charge on any atom is 0.330 e. The maximum absolute atomic E-state index is 12.4. The SMILES string of the molecule is CN(C)S(=O)(=O)c1ccc(Cl)c(NC(=O)COC(=O)[C@@H]2CS[C@@]3(C)CCC(=O)N23)c1. The summed E-state index contributed by atoms with van der Waals surface area (Å²) in [5.74, 6) is -1.00. The van der Waals surface area contributed by atoms with Crippen LogP contribution in [0.25, 0.3) is 0 Å². The molecule has 2 fully saturated rings. The van der Waals surface area contributed by atoms with Crippen LogP contribution in [0.2, 0.25) is 5.02 Å². The molecule has 12 heteroatoms. The Bertz CT molecular complexity index is 1000. The highest BCUT2D eigenvalue weighted by atomic mass is 35.5. The molecule has 2 saturated heterocycles. The number of rotatable bonds is 6. The monoisotopic (exact) mass is 475 g/mol. The van der Waals surface area contributed by atoms with Gasteiger partial charge in [0.1, 0.15) is 6.04 Å². The number of halogens is 1. The Kier molecular flexibility index (Phi) is 6.38. The van der Waals surface area contributed by atoms with E-state index in [4.69, 9.17) is 16.3 Å². The Hall–Kier alpha value is -1.82. The summed E-state index contributed by atoms with van der Waals surface area (Å²) in [6.45, 7) is 1.33. The Labute approximate surface area is 184 Å². The summed E-state index contributed by atoms with van der Waals surface area (Å²) < 4.78 is 30.7. The molecule has 0 saturated carbocycles. The largest absolute Gasteiger partial charge is 0.454 e. The number of esters is 1. The molecule has 2 amide bonds. The van der Waals surface area contributed by atoms with Crippen LogP contribution in [0.15, 0.2) is 23.1 Å². The first-order valence-corrected chi connectivity index (χ1v) is 11.9. The summed E-state index contributed by atoms with van der Waals surface area (Å²) >= 11 is 7.58. The van der Waals surface area contributed by atoms with Crippen molar-refractivity contribution in [1.29, 1.82) is 0 Å². The van der Waals surface area contributed by atoms with E-state index in [2.05, 4.69) is 5.32 Å². The van der Waals surface area contributed by atoms with E-state index in [9.17, 15) is 22.8 Å². The zero-order valence-corrected chi connectivity index (χ0v) is 19.1. The normalized spacial score (nSPS) is 23.6. The lowest BCUT2D eigenvalue weighted by Gasteiger charge is -2.29. The number of hydrogen-bond acceptors (Lipinski definition) is 7. The lowest BCUT2D eigenvalue weighted by molar-refractivity contribution is -0.155. The smallest absolute Gasteiger partial charge is 0.330 e. The van der Waals surface area contributed by atoms with Crippen molar-refractivity contribution >= 4 is 56.9 Å². The van der Waals surface area contributed by atoms with E-state index in [1.54, 1.807) is 4.90 Å². The fraction of sp³-hybridized carbons (Fsp3) is 0.500. The van der Waals surface area contributed by atoms with Gasteiger partial charge in [-0.1, -0.05) is 11.6 Å². The van der Waals surface area contributed by atoms with Gasteiger partial charge in [0.25, 0.3) is 5.91 Å². The van der Waals surface area contributed by atoms with E-state index < -0.39 is 39.4 Å². The highest BCUT2D eigenvalue weighted by Gasteiger charge is 2.53. The number of fused-ring (bicyclic) bond motifs is 1. The number of carbonyl (C=O) groups excluding carboxylic acids is 3. The molecule has 1 aromatic carbocycles. The number of anilines is 1. The van der Waals surface area contributed by atoms with Gasteiger partial charge in [0.05, 0.1) is 20.5 Å². The summed E-state index contributed by atoms with van der Waals surface area (Å²) in [4.78, 5) is 37.9. The molecular formula is C18H22ClN3O6S2. The van der Waals surface area contributed by atoms with E-state index >= 15 is 0 Å². The lowest BCUT2D eigenvalue weighted by Crippen LogP contribution is -2.47. The molecule has 0 spiro atoms. The predicted molar refractivity (Wildman–Crippen MR) is 113 cm³/mol. The number of ether oxygens (including phenoxy) is 1. The molecule has 2 atom stereocenters. The molecule has 9 nitrogen and oxygen atoms in total. The third-order valence-electron chi connectivity index (χ3n) is 5.05. The van der Waals surface area contributed by atoms with E-state index in [1.807, 2.05) is 6.92 Å². The number of nitrogens with one attached hydrogen (secondary N) is 1. The van der Waals surface area contributed by atoms with Crippen LogP contribution >= 0.6 is 23.4 Å². The topological polar surface area (TPSA) is 113 Å². The first-order chi connectivity index (χ1) is 14.0. The number of benzene rings is 1. The highest BCUT2D eigenvalue weighted by Crippen LogP contribution is 2.47. The van der Waals surface area contributed by atoms with Gasteiger partial charge < -0.3 is 15.0 Å². The van der Waals surface area contributed by atoms with Gasteiger partial charge in [-0.15, -0.1) is 11.8 Å². The van der Waals surface area contributed by atoms with Crippen molar-refractivity contribution in [3.05, 3.63) is 23.2 Å². The van der Waals surface area contributed by atoms with E-state index in [-0.39, 0.29) is 21.5 Å². The third-order valence-corrected chi connectivity index (χ3v) is 8.70. The highest BCUT2D eigenvalue weighted by molar-refractivity contribution is 8.01. The number of thioether (sulfide) groups is 1. The van der Waals surface area contributed by atoms with Crippen LogP contribution in [-0.2, 0) is 29.1 Å². The van der Waals surface area contributed by atoms with Crippen molar-refractivity contribution in [3.8, 4) is 0 Å². The number of carbonyl (C=O) groups is 3. The van der Waals surface area contributed by atoms with Crippen LogP contribution in [-0.4, -0.2) is 72.8 Å².